The normalized spacial score (nSPS) is 12.1. The van der Waals surface area contributed by atoms with Crippen molar-refractivity contribution in [1.82, 2.24) is 10.2 Å². The Labute approximate surface area is 229 Å². The van der Waals surface area contributed by atoms with Gasteiger partial charge < -0.3 is 15.0 Å². The van der Waals surface area contributed by atoms with Crippen LogP contribution in [0.15, 0.2) is 83.8 Å². The number of ether oxygens (including phenoxy) is 1. The minimum atomic E-state index is -4.15. The summed E-state index contributed by atoms with van der Waals surface area (Å²) in [7, 11) is -2.66. The highest BCUT2D eigenvalue weighted by atomic mass is 35.5. The summed E-state index contributed by atoms with van der Waals surface area (Å²) in [4.78, 5) is 28.1. The van der Waals surface area contributed by atoms with E-state index in [1.165, 1.54) is 24.1 Å². The van der Waals surface area contributed by atoms with Crippen LogP contribution in [0.3, 0.4) is 0 Å². The molecule has 8 nitrogen and oxygen atoms in total. The van der Waals surface area contributed by atoms with Crippen LogP contribution in [0, 0.1) is 0 Å². The first-order valence-corrected chi connectivity index (χ1v) is 13.9. The molecule has 3 rings (SSSR count). The molecule has 3 aromatic rings. The summed E-state index contributed by atoms with van der Waals surface area (Å²) >= 11 is 6.37. The standard InChI is InChI=1S/C28H32ClN3O5S/c1-20(2)30-28(34)21(3)31(18-22-10-8-9-13-26(22)29)27(33)19-32(23-11-6-5-7-12-23)38(35,36)25-16-14-24(37-4)15-17-25/h5-17,20-21H,18-19H2,1-4H3,(H,30,34). The molecule has 0 aliphatic rings. The minimum Gasteiger partial charge on any atom is -0.497 e. The summed E-state index contributed by atoms with van der Waals surface area (Å²) < 4.78 is 33.7. The fourth-order valence-corrected chi connectivity index (χ4v) is 5.41. The number of hydrogen-bond donors (Lipinski definition) is 1. The Hall–Kier alpha value is -3.56. The molecule has 0 aromatic heterocycles. The van der Waals surface area contributed by atoms with Crippen molar-refractivity contribution in [2.45, 2.75) is 44.3 Å². The van der Waals surface area contributed by atoms with Gasteiger partial charge in [-0.3, -0.25) is 13.9 Å². The van der Waals surface area contributed by atoms with Gasteiger partial charge in [0.1, 0.15) is 18.3 Å². The van der Waals surface area contributed by atoms with Crippen molar-refractivity contribution in [3.8, 4) is 5.75 Å². The zero-order valence-electron chi connectivity index (χ0n) is 21.8. The Morgan fingerprint density at radius 3 is 2.11 bits per heavy atom. The predicted octanol–water partition coefficient (Wildman–Crippen LogP) is 4.49. The molecule has 1 atom stereocenters. The smallest absolute Gasteiger partial charge is 0.264 e. The molecule has 202 valence electrons. The number of sulfonamides is 1. The number of benzene rings is 3. The summed E-state index contributed by atoms with van der Waals surface area (Å²) in [5.41, 5.74) is 0.949. The largest absolute Gasteiger partial charge is 0.497 e. The topological polar surface area (TPSA) is 96.0 Å². The minimum absolute atomic E-state index is 0.00166. The maximum atomic E-state index is 13.8. The molecule has 0 fully saturated rings. The molecule has 3 aromatic carbocycles. The molecule has 0 saturated carbocycles. The third-order valence-corrected chi connectivity index (χ3v) is 8.02. The lowest BCUT2D eigenvalue weighted by Crippen LogP contribution is -2.52. The van der Waals surface area contributed by atoms with Gasteiger partial charge in [0.25, 0.3) is 10.0 Å². The maximum Gasteiger partial charge on any atom is 0.264 e. The van der Waals surface area contributed by atoms with Gasteiger partial charge in [0.15, 0.2) is 0 Å². The lowest BCUT2D eigenvalue weighted by molar-refractivity contribution is -0.139. The fraction of sp³-hybridized carbons (Fsp3) is 0.286. The zero-order chi connectivity index (χ0) is 27.9. The van der Waals surface area contributed by atoms with E-state index < -0.39 is 28.5 Å². The highest BCUT2D eigenvalue weighted by Crippen LogP contribution is 2.26. The summed E-state index contributed by atoms with van der Waals surface area (Å²) in [6.45, 7) is 4.75. The molecule has 10 heteroatoms. The second-order valence-electron chi connectivity index (χ2n) is 8.98. The van der Waals surface area contributed by atoms with E-state index in [0.29, 0.717) is 22.0 Å². The molecular weight excluding hydrogens is 526 g/mol. The predicted molar refractivity (Wildman–Crippen MR) is 149 cm³/mol. The van der Waals surface area contributed by atoms with Gasteiger partial charge in [-0.1, -0.05) is 48.0 Å². The van der Waals surface area contributed by atoms with Crippen LogP contribution in [0.1, 0.15) is 26.3 Å². The molecule has 0 saturated heterocycles. The zero-order valence-corrected chi connectivity index (χ0v) is 23.4. The average molecular weight is 558 g/mol. The maximum absolute atomic E-state index is 13.8. The Morgan fingerprint density at radius 1 is 0.921 bits per heavy atom. The number of nitrogens with zero attached hydrogens (tertiary/aromatic N) is 2. The first kappa shape index (κ1) is 29.0. The van der Waals surface area contributed by atoms with Crippen LogP contribution in [-0.2, 0) is 26.2 Å². The first-order valence-electron chi connectivity index (χ1n) is 12.1. The number of methoxy groups -OCH3 is 1. The second-order valence-corrected chi connectivity index (χ2v) is 11.2. The van der Waals surface area contributed by atoms with Crippen LogP contribution in [0.25, 0.3) is 0 Å². The highest BCUT2D eigenvalue weighted by Gasteiger charge is 2.32. The molecule has 2 amide bonds. The number of para-hydroxylation sites is 1. The van der Waals surface area contributed by atoms with E-state index in [1.807, 2.05) is 13.8 Å². The van der Waals surface area contributed by atoms with E-state index in [9.17, 15) is 18.0 Å². The van der Waals surface area contributed by atoms with E-state index in [0.717, 1.165) is 4.31 Å². The third kappa shape index (κ3) is 7.05. The number of carbonyl (C=O) groups is 2. The lowest BCUT2D eigenvalue weighted by atomic mass is 10.1. The number of amides is 2. The molecule has 0 aliphatic heterocycles. The van der Waals surface area contributed by atoms with E-state index in [4.69, 9.17) is 16.3 Å². The van der Waals surface area contributed by atoms with Crippen molar-refractivity contribution >= 4 is 39.1 Å². The van der Waals surface area contributed by atoms with Gasteiger partial charge in [-0.2, -0.15) is 0 Å². The van der Waals surface area contributed by atoms with E-state index >= 15 is 0 Å². The van der Waals surface area contributed by atoms with Crippen LogP contribution in [0.2, 0.25) is 5.02 Å². The number of hydrogen-bond acceptors (Lipinski definition) is 5. The van der Waals surface area contributed by atoms with Gasteiger partial charge in [0, 0.05) is 17.6 Å². The summed E-state index contributed by atoms with van der Waals surface area (Å²) in [6, 6.07) is 20.3. The van der Waals surface area contributed by atoms with Gasteiger partial charge in [-0.05, 0) is 68.8 Å². The molecule has 1 N–H and O–H groups in total. The van der Waals surface area contributed by atoms with Crippen LogP contribution < -0.4 is 14.4 Å². The molecular formula is C28H32ClN3O5S. The van der Waals surface area contributed by atoms with Gasteiger partial charge >= 0.3 is 0 Å². The lowest BCUT2D eigenvalue weighted by Gasteiger charge is -2.32. The molecule has 38 heavy (non-hydrogen) atoms. The Morgan fingerprint density at radius 2 is 1.53 bits per heavy atom. The Balaban J connectivity index is 2.01. The fourth-order valence-electron chi connectivity index (χ4n) is 3.80. The van der Waals surface area contributed by atoms with Gasteiger partial charge in [-0.15, -0.1) is 0 Å². The van der Waals surface area contributed by atoms with Crippen molar-refractivity contribution in [3.05, 3.63) is 89.4 Å². The molecule has 0 bridgehead atoms. The van der Waals surface area contributed by atoms with Crippen LogP contribution in [-0.4, -0.2) is 50.9 Å². The number of carbonyl (C=O) groups excluding carboxylic acids is 2. The van der Waals surface area contributed by atoms with Crippen molar-refractivity contribution in [2.24, 2.45) is 0 Å². The molecule has 0 spiro atoms. The quantitative estimate of drug-likeness (QED) is 0.375. The number of rotatable bonds is 11. The van der Waals surface area contributed by atoms with Crippen molar-refractivity contribution in [1.29, 1.82) is 0 Å². The highest BCUT2D eigenvalue weighted by molar-refractivity contribution is 7.92. The first-order chi connectivity index (χ1) is 18.0. The summed E-state index contributed by atoms with van der Waals surface area (Å²) in [5, 5.41) is 3.26. The Kier molecular flexibility index (Phi) is 9.77. The van der Waals surface area contributed by atoms with Crippen molar-refractivity contribution in [2.75, 3.05) is 18.0 Å². The van der Waals surface area contributed by atoms with Gasteiger partial charge in [0.2, 0.25) is 11.8 Å². The van der Waals surface area contributed by atoms with Crippen LogP contribution in [0.4, 0.5) is 5.69 Å². The van der Waals surface area contributed by atoms with E-state index in [1.54, 1.807) is 73.7 Å². The van der Waals surface area contributed by atoms with Crippen molar-refractivity contribution < 1.29 is 22.7 Å². The van der Waals surface area contributed by atoms with Crippen LogP contribution in [0.5, 0.6) is 5.75 Å². The number of nitrogens with one attached hydrogen (secondary N) is 1. The van der Waals surface area contributed by atoms with E-state index in [-0.39, 0.29) is 23.4 Å². The van der Waals surface area contributed by atoms with Crippen molar-refractivity contribution in [3.63, 3.8) is 0 Å². The summed E-state index contributed by atoms with van der Waals surface area (Å²) in [5.74, 6) is -0.413. The van der Waals surface area contributed by atoms with Gasteiger partial charge in [0.05, 0.1) is 17.7 Å². The van der Waals surface area contributed by atoms with Crippen LogP contribution >= 0.6 is 11.6 Å². The SMILES string of the molecule is COc1ccc(S(=O)(=O)N(CC(=O)N(Cc2ccccc2Cl)C(C)C(=O)NC(C)C)c2ccccc2)cc1. The average Bonchev–Trinajstić information content (AvgIpc) is 2.90. The molecule has 0 radical (unpaired) electrons. The Bertz CT molecular complexity index is 1350. The van der Waals surface area contributed by atoms with E-state index in [2.05, 4.69) is 5.32 Å². The number of halogens is 1. The third-order valence-electron chi connectivity index (χ3n) is 5.87. The summed E-state index contributed by atoms with van der Waals surface area (Å²) in [6.07, 6.45) is 0. The molecule has 1 unspecified atom stereocenters. The molecule has 0 heterocycles. The second kappa shape index (κ2) is 12.8. The monoisotopic (exact) mass is 557 g/mol. The van der Waals surface area contributed by atoms with Gasteiger partial charge in [-0.25, -0.2) is 8.42 Å². The number of anilines is 1. The molecule has 0 aliphatic carbocycles.